The number of hydrogen-bond donors (Lipinski definition) is 2. The standard InChI is InChI=1S/C10H15BrN4O2/c1-15-2-3-17-7(5-15)4-12-9-8(11)10(16)14-6-13-9/h6-7H,2-5H2,1H3,(H2,12,13,14,16). The number of rotatable bonds is 3. The molecule has 0 saturated carbocycles. The third kappa shape index (κ3) is 3.27. The molecule has 6 nitrogen and oxygen atoms in total. The van der Waals surface area contributed by atoms with Gasteiger partial charge in [0.1, 0.15) is 10.3 Å². The van der Waals surface area contributed by atoms with Gasteiger partial charge in [0.2, 0.25) is 0 Å². The predicted molar refractivity (Wildman–Crippen MR) is 68.3 cm³/mol. The van der Waals surface area contributed by atoms with Gasteiger partial charge in [0, 0.05) is 19.6 Å². The summed E-state index contributed by atoms with van der Waals surface area (Å²) >= 11 is 3.20. The summed E-state index contributed by atoms with van der Waals surface area (Å²) in [5, 5.41) is 3.11. The lowest BCUT2D eigenvalue weighted by Gasteiger charge is -2.30. The second-order valence-corrected chi connectivity index (χ2v) is 4.82. The molecule has 94 valence electrons. The van der Waals surface area contributed by atoms with E-state index in [-0.39, 0.29) is 11.7 Å². The molecule has 0 aliphatic carbocycles. The minimum Gasteiger partial charge on any atom is -0.374 e. The number of halogens is 1. The minimum absolute atomic E-state index is 0.127. The van der Waals surface area contributed by atoms with Crippen LogP contribution < -0.4 is 10.9 Å². The Hall–Kier alpha value is -0.920. The van der Waals surface area contributed by atoms with Gasteiger partial charge in [0.05, 0.1) is 19.0 Å². The van der Waals surface area contributed by atoms with Gasteiger partial charge in [-0.25, -0.2) is 4.98 Å². The highest BCUT2D eigenvalue weighted by atomic mass is 79.9. The van der Waals surface area contributed by atoms with Gasteiger partial charge >= 0.3 is 0 Å². The maximum Gasteiger partial charge on any atom is 0.267 e. The van der Waals surface area contributed by atoms with Crippen LogP contribution in [-0.4, -0.2) is 54.3 Å². The molecule has 0 bridgehead atoms. The first-order valence-electron chi connectivity index (χ1n) is 5.44. The topological polar surface area (TPSA) is 70.2 Å². The number of hydrogen-bond acceptors (Lipinski definition) is 5. The highest BCUT2D eigenvalue weighted by Crippen LogP contribution is 2.13. The Labute approximate surface area is 108 Å². The fourth-order valence-electron chi connectivity index (χ4n) is 1.71. The van der Waals surface area contributed by atoms with E-state index in [4.69, 9.17) is 4.74 Å². The van der Waals surface area contributed by atoms with E-state index in [1.807, 2.05) is 0 Å². The van der Waals surface area contributed by atoms with E-state index < -0.39 is 0 Å². The second kappa shape index (κ2) is 5.61. The summed E-state index contributed by atoms with van der Waals surface area (Å²) in [7, 11) is 2.07. The predicted octanol–water partition coefficient (Wildman–Crippen LogP) is 0.275. The van der Waals surface area contributed by atoms with Crippen LogP contribution in [0.1, 0.15) is 0 Å². The Morgan fingerprint density at radius 2 is 2.59 bits per heavy atom. The van der Waals surface area contributed by atoms with Gasteiger partial charge in [-0.05, 0) is 23.0 Å². The van der Waals surface area contributed by atoms with Crippen molar-refractivity contribution in [2.24, 2.45) is 0 Å². The third-order valence-corrected chi connectivity index (χ3v) is 3.37. The molecule has 2 heterocycles. The molecular formula is C10H15BrN4O2. The lowest BCUT2D eigenvalue weighted by atomic mass is 10.3. The van der Waals surface area contributed by atoms with E-state index in [9.17, 15) is 4.79 Å². The van der Waals surface area contributed by atoms with Crippen molar-refractivity contribution >= 4 is 21.7 Å². The first-order chi connectivity index (χ1) is 8.16. The summed E-state index contributed by atoms with van der Waals surface area (Å²) in [6.45, 7) is 3.23. The third-order valence-electron chi connectivity index (χ3n) is 2.64. The van der Waals surface area contributed by atoms with Gasteiger partial charge in [-0.3, -0.25) is 4.79 Å². The van der Waals surface area contributed by atoms with Crippen molar-refractivity contribution in [3.05, 3.63) is 21.2 Å². The summed E-state index contributed by atoms with van der Waals surface area (Å²) in [5.74, 6) is 0.547. The average molecular weight is 303 g/mol. The zero-order valence-corrected chi connectivity index (χ0v) is 11.2. The SMILES string of the molecule is CN1CCOC(CNc2nc[nH]c(=O)c2Br)C1. The number of aromatic amines is 1. The largest absolute Gasteiger partial charge is 0.374 e. The van der Waals surface area contributed by atoms with E-state index in [1.165, 1.54) is 6.33 Å². The maximum absolute atomic E-state index is 11.3. The van der Waals surface area contributed by atoms with Crippen molar-refractivity contribution in [3.8, 4) is 0 Å². The molecule has 7 heteroatoms. The molecule has 1 unspecified atom stereocenters. The van der Waals surface area contributed by atoms with Crippen LogP contribution >= 0.6 is 15.9 Å². The normalized spacial score (nSPS) is 21.4. The molecule has 2 N–H and O–H groups in total. The number of anilines is 1. The molecular weight excluding hydrogens is 288 g/mol. The zero-order chi connectivity index (χ0) is 12.3. The van der Waals surface area contributed by atoms with Gasteiger partial charge in [0.15, 0.2) is 0 Å². The Morgan fingerprint density at radius 1 is 1.76 bits per heavy atom. The van der Waals surface area contributed by atoms with Crippen molar-refractivity contribution in [1.29, 1.82) is 0 Å². The van der Waals surface area contributed by atoms with Crippen LogP contribution in [0.3, 0.4) is 0 Å². The Balaban J connectivity index is 1.93. The van der Waals surface area contributed by atoms with Crippen molar-refractivity contribution in [2.45, 2.75) is 6.10 Å². The first-order valence-corrected chi connectivity index (χ1v) is 6.23. The van der Waals surface area contributed by atoms with E-state index in [2.05, 4.69) is 43.2 Å². The molecule has 0 amide bonds. The van der Waals surface area contributed by atoms with Gasteiger partial charge in [-0.1, -0.05) is 0 Å². The molecule has 2 rings (SSSR count). The molecule has 1 fully saturated rings. The van der Waals surface area contributed by atoms with Crippen LogP contribution in [0.5, 0.6) is 0 Å². The molecule has 0 spiro atoms. The molecule has 1 aliphatic rings. The molecule has 1 aromatic rings. The van der Waals surface area contributed by atoms with Crippen molar-refractivity contribution < 1.29 is 4.74 Å². The summed E-state index contributed by atoms with van der Waals surface area (Å²) in [4.78, 5) is 20.1. The van der Waals surface area contributed by atoms with Crippen LogP contribution in [0.4, 0.5) is 5.82 Å². The quantitative estimate of drug-likeness (QED) is 0.839. The van der Waals surface area contributed by atoms with E-state index in [0.717, 1.165) is 19.7 Å². The fourth-order valence-corrected chi connectivity index (χ4v) is 2.06. The fraction of sp³-hybridized carbons (Fsp3) is 0.600. The average Bonchev–Trinajstić information content (AvgIpc) is 2.31. The van der Waals surface area contributed by atoms with Crippen LogP contribution in [0.25, 0.3) is 0 Å². The van der Waals surface area contributed by atoms with Crippen molar-refractivity contribution in [1.82, 2.24) is 14.9 Å². The molecule has 1 aromatic heterocycles. The van der Waals surface area contributed by atoms with Gasteiger partial charge in [-0.2, -0.15) is 0 Å². The van der Waals surface area contributed by atoms with Gasteiger partial charge < -0.3 is 19.9 Å². The summed E-state index contributed by atoms with van der Waals surface area (Å²) < 4.78 is 6.03. The number of nitrogens with one attached hydrogen (secondary N) is 2. The van der Waals surface area contributed by atoms with Crippen molar-refractivity contribution in [2.75, 3.05) is 38.6 Å². The second-order valence-electron chi connectivity index (χ2n) is 4.03. The summed E-state index contributed by atoms with van der Waals surface area (Å²) in [5.41, 5.74) is -0.191. The van der Waals surface area contributed by atoms with Crippen LogP contribution in [0.2, 0.25) is 0 Å². The van der Waals surface area contributed by atoms with Gasteiger partial charge in [-0.15, -0.1) is 0 Å². The van der Waals surface area contributed by atoms with Gasteiger partial charge in [0.25, 0.3) is 5.56 Å². The molecule has 1 saturated heterocycles. The monoisotopic (exact) mass is 302 g/mol. The maximum atomic E-state index is 11.3. The molecule has 0 aromatic carbocycles. The van der Waals surface area contributed by atoms with E-state index in [1.54, 1.807) is 0 Å². The Morgan fingerprint density at radius 3 is 3.35 bits per heavy atom. The zero-order valence-electron chi connectivity index (χ0n) is 9.57. The number of morpholine rings is 1. The Kier molecular flexibility index (Phi) is 4.14. The van der Waals surface area contributed by atoms with Crippen LogP contribution in [0, 0.1) is 0 Å². The van der Waals surface area contributed by atoms with E-state index in [0.29, 0.717) is 16.8 Å². The summed E-state index contributed by atoms with van der Waals surface area (Å²) in [6, 6.07) is 0. The van der Waals surface area contributed by atoms with Crippen LogP contribution in [-0.2, 0) is 4.74 Å². The lowest BCUT2D eigenvalue weighted by molar-refractivity contribution is -0.0117. The number of likely N-dealkylation sites (N-methyl/N-ethyl adjacent to an activating group) is 1. The Bertz CT molecular complexity index is 437. The highest BCUT2D eigenvalue weighted by molar-refractivity contribution is 9.10. The lowest BCUT2D eigenvalue weighted by Crippen LogP contribution is -2.43. The highest BCUT2D eigenvalue weighted by Gasteiger charge is 2.18. The number of nitrogens with zero attached hydrogens (tertiary/aromatic N) is 2. The smallest absolute Gasteiger partial charge is 0.267 e. The number of aromatic nitrogens is 2. The van der Waals surface area contributed by atoms with E-state index >= 15 is 0 Å². The molecule has 1 atom stereocenters. The summed E-state index contributed by atoms with van der Waals surface area (Å²) in [6.07, 6.45) is 1.50. The van der Waals surface area contributed by atoms with Crippen molar-refractivity contribution in [3.63, 3.8) is 0 Å². The first kappa shape index (κ1) is 12.5. The molecule has 17 heavy (non-hydrogen) atoms. The molecule has 1 aliphatic heterocycles. The van der Waals surface area contributed by atoms with Crippen LogP contribution in [0.15, 0.2) is 15.6 Å². The molecule has 0 radical (unpaired) electrons. The number of H-pyrrole nitrogens is 1. The number of ether oxygens (including phenoxy) is 1. The minimum atomic E-state index is -0.191.